The molecule has 5 aliphatic carbocycles. The molecule has 0 aromatic carbocycles. The maximum absolute atomic E-state index is 15.3. The molecule has 384 valence electrons. The molecular formula is C48H78O19. The summed E-state index contributed by atoms with van der Waals surface area (Å²) in [7, 11) is 0. The first-order valence-electron chi connectivity index (χ1n) is 24.5. The lowest BCUT2D eigenvalue weighted by molar-refractivity contribution is -0.365. The number of carbonyl (C=O) groups excluding carboxylic acids is 1. The van der Waals surface area contributed by atoms with Gasteiger partial charge in [0.25, 0.3) is 0 Å². The number of rotatable bonds is 9. The van der Waals surface area contributed by atoms with Gasteiger partial charge in [0, 0.05) is 5.41 Å². The summed E-state index contributed by atoms with van der Waals surface area (Å²) in [5.41, 5.74) is -1.08. The number of aliphatic hydroxyl groups is 12. The number of aliphatic hydroxyl groups excluding tert-OH is 12. The van der Waals surface area contributed by atoms with E-state index >= 15 is 4.79 Å². The third-order valence-electron chi connectivity index (χ3n) is 19.2. The SMILES string of the molecule is C[C@@H]1O[C@@H](O[C@H]2[C@H](OC(=O)[C@H]3C[C@]4(C)C(=CC[C@@H]5[C@@]6(C)C[C@H](O)[C@H](O)[C@@](C)(CO)[C@@H]6CC[C@]54C)[C@@H]4CC(C)(C)CC[C@H]34)O[C@H](CO[C@@H]3O[C@H](CO)[C@@H](O)[C@H](O)C3O)[C@@H](O)[C@@H]2O)[C@H](O)[C@H](O)[C@H]1O. The first-order valence-corrected chi connectivity index (χ1v) is 24.5. The summed E-state index contributed by atoms with van der Waals surface area (Å²) in [6.45, 7) is 12.9. The van der Waals surface area contributed by atoms with E-state index in [0.29, 0.717) is 25.7 Å². The molecule has 1 unspecified atom stereocenters. The van der Waals surface area contributed by atoms with Crippen LogP contribution in [-0.2, 0) is 33.2 Å². The first-order chi connectivity index (χ1) is 31.3. The van der Waals surface area contributed by atoms with Gasteiger partial charge in [-0.25, -0.2) is 0 Å². The van der Waals surface area contributed by atoms with Gasteiger partial charge in [-0.2, -0.15) is 0 Å². The average molecular weight is 959 g/mol. The third kappa shape index (κ3) is 8.38. The van der Waals surface area contributed by atoms with Gasteiger partial charge in [0.05, 0.1) is 44.1 Å². The number of fused-ring (bicyclic) bond motifs is 7. The first kappa shape index (κ1) is 51.9. The molecule has 3 saturated heterocycles. The second kappa shape index (κ2) is 18.5. The fraction of sp³-hybridized carbons (Fsp3) is 0.938. The standard InChI is InChI=1S/C48H78O19/c1-20-30(52)33(55)37(59)42(63-20)66-38-35(57)32(54)27(18-62-41-36(58)34(56)31(53)26(17-49)64-41)65-43(38)67-40(61)23-15-48(7)24(22-14-44(2,3)12-10-21(22)23)8-9-29-45(4)16-25(51)39(60)46(5,19-50)28(45)11-13-47(29,48)6/h8,20-23,25-39,41-43,49-60H,9-19H2,1-7H3/t20-,21-,22+,23-,25-,26+,27+,28+,29+,30-,31+,32+,33+,34-,35-,36?,37+,38+,39-,41+,42-,43-,45-,46-,47+,48+/m0/s1. The monoisotopic (exact) mass is 959 g/mol. The van der Waals surface area contributed by atoms with Crippen molar-refractivity contribution >= 4 is 5.97 Å². The predicted octanol–water partition coefficient (Wildman–Crippen LogP) is -1.03. The normalized spacial score (nSPS) is 55.2. The quantitative estimate of drug-likeness (QED) is 0.0971. The van der Waals surface area contributed by atoms with Crippen LogP contribution >= 0.6 is 0 Å². The van der Waals surface area contributed by atoms with E-state index in [4.69, 9.17) is 28.4 Å². The summed E-state index contributed by atoms with van der Waals surface area (Å²) in [6.07, 6.45) is -19.2. The van der Waals surface area contributed by atoms with E-state index in [1.54, 1.807) is 0 Å². The van der Waals surface area contributed by atoms with Crippen molar-refractivity contribution in [2.45, 2.75) is 204 Å². The number of esters is 1. The molecule has 0 radical (unpaired) electrons. The molecule has 19 heteroatoms. The van der Waals surface area contributed by atoms with E-state index in [0.717, 1.165) is 25.7 Å². The van der Waals surface area contributed by atoms with E-state index in [1.807, 2.05) is 6.92 Å². The number of ether oxygens (including phenoxy) is 6. The zero-order valence-electron chi connectivity index (χ0n) is 39.8. The lowest BCUT2D eigenvalue weighted by Gasteiger charge is -2.71. The molecular weight excluding hydrogens is 881 g/mol. The molecule has 7 fully saturated rings. The van der Waals surface area contributed by atoms with Crippen LogP contribution in [0.25, 0.3) is 0 Å². The Hall–Kier alpha value is -1.47. The minimum absolute atomic E-state index is 0.00330. The molecule has 8 aliphatic rings. The highest BCUT2D eigenvalue weighted by Crippen LogP contribution is 2.75. The van der Waals surface area contributed by atoms with E-state index in [-0.39, 0.29) is 35.7 Å². The molecule has 12 N–H and O–H groups in total. The minimum Gasteiger partial charge on any atom is -0.432 e. The topological polar surface area (TPSA) is 315 Å². The number of hydrogen-bond donors (Lipinski definition) is 12. The Kier molecular flexibility index (Phi) is 14.4. The molecule has 0 aromatic rings. The van der Waals surface area contributed by atoms with Crippen LogP contribution in [0.15, 0.2) is 11.6 Å². The van der Waals surface area contributed by atoms with Crippen LogP contribution in [0.5, 0.6) is 0 Å². The van der Waals surface area contributed by atoms with Gasteiger partial charge < -0.3 is 89.7 Å². The largest absolute Gasteiger partial charge is 0.432 e. The highest BCUT2D eigenvalue weighted by molar-refractivity contribution is 5.74. The van der Waals surface area contributed by atoms with Crippen molar-refractivity contribution in [3.63, 3.8) is 0 Å². The molecule has 3 heterocycles. The van der Waals surface area contributed by atoms with Crippen molar-refractivity contribution in [2.75, 3.05) is 19.8 Å². The maximum Gasteiger partial charge on any atom is 0.311 e. The molecule has 26 atom stereocenters. The molecule has 3 aliphatic heterocycles. The summed E-state index contributed by atoms with van der Waals surface area (Å²) in [5.74, 6) is -1.59. The van der Waals surface area contributed by atoms with E-state index in [2.05, 4.69) is 40.7 Å². The van der Waals surface area contributed by atoms with Crippen molar-refractivity contribution in [2.24, 2.45) is 56.7 Å². The van der Waals surface area contributed by atoms with Gasteiger partial charge in [-0.3, -0.25) is 4.79 Å². The summed E-state index contributed by atoms with van der Waals surface area (Å²) >= 11 is 0. The second-order valence-electron chi connectivity index (χ2n) is 23.4. The van der Waals surface area contributed by atoms with Crippen LogP contribution in [-0.4, -0.2) is 191 Å². The molecule has 8 rings (SSSR count). The molecule has 0 amide bonds. The molecule has 0 bridgehead atoms. The Bertz CT molecular complexity index is 1820. The van der Waals surface area contributed by atoms with Crippen LogP contribution in [0.3, 0.4) is 0 Å². The Morgan fingerprint density at radius 1 is 0.701 bits per heavy atom. The Balaban J connectivity index is 1.11. The van der Waals surface area contributed by atoms with Crippen LogP contribution in [0.4, 0.5) is 0 Å². The minimum atomic E-state index is -1.92. The van der Waals surface area contributed by atoms with Gasteiger partial charge in [0.15, 0.2) is 18.7 Å². The second-order valence-corrected chi connectivity index (χ2v) is 23.4. The highest BCUT2D eigenvalue weighted by atomic mass is 16.8. The van der Waals surface area contributed by atoms with E-state index in [9.17, 15) is 61.3 Å². The van der Waals surface area contributed by atoms with Crippen molar-refractivity contribution in [3.05, 3.63) is 11.6 Å². The molecule has 0 aromatic heterocycles. The van der Waals surface area contributed by atoms with Crippen LogP contribution in [0.2, 0.25) is 0 Å². The molecule has 67 heavy (non-hydrogen) atoms. The summed E-state index contributed by atoms with van der Waals surface area (Å²) < 4.78 is 35.5. The van der Waals surface area contributed by atoms with Gasteiger partial charge in [-0.15, -0.1) is 0 Å². The highest BCUT2D eigenvalue weighted by Gasteiger charge is 2.70. The zero-order valence-corrected chi connectivity index (χ0v) is 39.8. The van der Waals surface area contributed by atoms with Crippen LogP contribution in [0, 0.1) is 56.7 Å². The van der Waals surface area contributed by atoms with Crippen molar-refractivity contribution < 1.29 is 94.5 Å². The Morgan fingerprint density at radius 2 is 1.34 bits per heavy atom. The number of carbonyl (C=O) groups is 1. The molecule has 19 nitrogen and oxygen atoms in total. The average Bonchev–Trinajstić information content (AvgIpc) is 3.27. The van der Waals surface area contributed by atoms with Crippen molar-refractivity contribution in [3.8, 4) is 0 Å². The number of hydrogen-bond acceptors (Lipinski definition) is 19. The van der Waals surface area contributed by atoms with Gasteiger partial charge in [0.2, 0.25) is 6.29 Å². The van der Waals surface area contributed by atoms with Crippen LogP contribution < -0.4 is 0 Å². The fourth-order valence-electron chi connectivity index (χ4n) is 15.0. The smallest absolute Gasteiger partial charge is 0.311 e. The van der Waals surface area contributed by atoms with Gasteiger partial charge >= 0.3 is 5.97 Å². The van der Waals surface area contributed by atoms with Crippen molar-refractivity contribution in [1.82, 2.24) is 0 Å². The lowest BCUT2D eigenvalue weighted by atomic mass is 9.33. The van der Waals surface area contributed by atoms with E-state index < -0.39 is 151 Å². The Morgan fingerprint density at radius 3 is 2.01 bits per heavy atom. The van der Waals surface area contributed by atoms with E-state index in [1.165, 1.54) is 12.5 Å². The third-order valence-corrected chi connectivity index (χ3v) is 19.2. The zero-order chi connectivity index (χ0) is 49.1. The van der Waals surface area contributed by atoms with Gasteiger partial charge in [0.1, 0.15) is 61.0 Å². The number of allylic oxidation sites excluding steroid dienone is 2. The maximum atomic E-state index is 15.3. The summed E-state index contributed by atoms with van der Waals surface area (Å²) in [4.78, 5) is 15.3. The predicted molar refractivity (Wildman–Crippen MR) is 231 cm³/mol. The molecule has 4 saturated carbocycles. The lowest BCUT2D eigenvalue weighted by Crippen LogP contribution is -2.68. The fourth-order valence-corrected chi connectivity index (χ4v) is 15.0. The van der Waals surface area contributed by atoms with Crippen LogP contribution in [0.1, 0.15) is 99.8 Å². The summed E-state index contributed by atoms with van der Waals surface area (Å²) in [6, 6.07) is 0. The van der Waals surface area contributed by atoms with Gasteiger partial charge in [-0.05, 0) is 104 Å². The molecule has 0 spiro atoms. The van der Waals surface area contributed by atoms with Crippen molar-refractivity contribution in [1.29, 1.82) is 0 Å². The Labute approximate surface area is 392 Å². The van der Waals surface area contributed by atoms with Gasteiger partial charge in [-0.1, -0.05) is 53.2 Å². The summed E-state index contributed by atoms with van der Waals surface area (Å²) in [5, 5.41) is 130.